The Morgan fingerprint density at radius 1 is 1.19 bits per heavy atom. The van der Waals surface area contributed by atoms with Crippen LogP contribution < -0.4 is 5.32 Å². The first kappa shape index (κ1) is 16.1. The van der Waals surface area contributed by atoms with E-state index in [1.165, 1.54) is 12.8 Å². The van der Waals surface area contributed by atoms with Crippen molar-refractivity contribution in [2.24, 2.45) is 11.8 Å². The fourth-order valence-corrected chi connectivity index (χ4v) is 3.47. The van der Waals surface area contributed by atoms with Gasteiger partial charge in [0.25, 0.3) is 0 Å². The second-order valence-corrected chi connectivity index (χ2v) is 6.83. The number of hydrogen-bond donors (Lipinski definition) is 1. The van der Waals surface area contributed by atoms with Crippen LogP contribution in [0.1, 0.15) is 43.5 Å². The highest BCUT2D eigenvalue weighted by Gasteiger charge is 2.28. The van der Waals surface area contributed by atoms with Crippen LogP contribution in [0.4, 0.5) is 0 Å². The molecule has 1 amide bonds. The molecule has 2 rings (SSSR count). The van der Waals surface area contributed by atoms with Crippen molar-refractivity contribution in [1.29, 1.82) is 0 Å². The molecule has 1 aromatic carbocycles. The van der Waals surface area contributed by atoms with Gasteiger partial charge < -0.3 is 5.32 Å². The summed E-state index contributed by atoms with van der Waals surface area (Å²) in [6.07, 6.45) is 3.47. The maximum atomic E-state index is 12.0. The van der Waals surface area contributed by atoms with Crippen molar-refractivity contribution in [2.75, 3.05) is 5.75 Å². The fourth-order valence-electron chi connectivity index (χ4n) is 2.82. The Morgan fingerprint density at radius 3 is 2.62 bits per heavy atom. The van der Waals surface area contributed by atoms with E-state index in [0.29, 0.717) is 17.4 Å². The van der Waals surface area contributed by atoms with Gasteiger partial charge in [0.2, 0.25) is 11.0 Å². The van der Waals surface area contributed by atoms with Crippen molar-refractivity contribution in [3.05, 3.63) is 35.9 Å². The predicted molar refractivity (Wildman–Crippen MR) is 87.3 cm³/mol. The Labute approximate surface area is 130 Å². The van der Waals surface area contributed by atoms with Crippen LogP contribution in [0.5, 0.6) is 0 Å². The third kappa shape index (κ3) is 4.60. The van der Waals surface area contributed by atoms with Crippen molar-refractivity contribution in [3.63, 3.8) is 0 Å². The second-order valence-electron chi connectivity index (χ2n) is 5.88. The van der Waals surface area contributed by atoms with Gasteiger partial charge in [-0.05, 0) is 18.3 Å². The summed E-state index contributed by atoms with van der Waals surface area (Å²) in [4.78, 5) is 24.0. The topological polar surface area (TPSA) is 46.2 Å². The Morgan fingerprint density at radius 2 is 1.90 bits per heavy atom. The summed E-state index contributed by atoms with van der Waals surface area (Å²) in [5, 5.41) is 3.05. The van der Waals surface area contributed by atoms with Gasteiger partial charge >= 0.3 is 0 Å². The van der Waals surface area contributed by atoms with E-state index >= 15 is 0 Å². The normalized spacial score (nSPS) is 25.3. The summed E-state index contributed by atoms with van der Waals surface area (Å²) in [5.41, 5.74) is 0.648. The zero-order valence-corrected chi connectivity index (χ0v) is 13.5. The maximum absolute atomic E-state index is 12.0. The molecule has 1 aliphatic carbocycles. The van der Waals surface area contributed by atoms with Crippen LogP contribution in [-0.4, -0.2) is 22.8 Å². The molecular weight excluding hydrogens is 282 g/mol. The average molecular weight is 305 g/mol. The number of hydrogen-bond acceptors (Lipinski definition) is 3. The van der Waals surface area contributed by atoms with Crippen LogP contribution >= 0.6 is 11.8 Å². The third-order valence-corrected chi connectivity index (χ3v) is 5.30. The molecule has 0 aromatic heterocycles. The molecule has 0 aliphatic heterocycles. The number of benzene rings is 1. The van der Waals surface area contributed by atoms with Crippen LogP contribution in [-0.2, 0) is 4.79 Å². The van der Waals surface area contributed by atoms with Crippen LogP contribution in [0.25, 0.3) is 0 Å². The quantitative estimate of drug-likeness (QED) is 0.926. The van der Waals surface area contributed by atoms with E-state index in [9.17, 15) is 9.59 Å². The molecule has 0 unspecified atom stereocenters. The first-order valence-electron chi connectivity index (χ1n) is 7.59. The molecule has 1 fully saturated rings. The second kappa shape index (κ2) is 7.64. The smallest absolute Gasteiger partial charge is 0.230 e. The van der Waals surface area contributed by atoms with Crippen molar-refractivity contribution < 1.29 is 9.59 Å². The molecule has 1 aliphatic rings. The SMILES string of the molecule is C[C@H]1[C@@H](C)CCC[C@H]1NC(=O)CSC(=O)c1ccccc1. The van der Waals surface area contributed by atoms with Gasteiger partial charge in [-0.3, -0.25) is 9.59 Å². The van der Waals surface area contributed by atoms with Gasteiger partial charge in [-0.1, -0.05) is 68.8 Å². The summed E-state index contributed by atoms with van der Waals surface area (Å²) in [5.74, 6) is 1.33. The monoisotopic (exact) mass is 305 g/mol. The largest absolute Gasteiger partial charge is 0.352 e. The minimum Gasteiger partial charge on any atom is -0.352 e. The number of carbonyl (C=O) groups excluding carboxylic acids is 2. The van der Waals surface area contributed by atoms with E-state index < -0.39 is 0 Å². The minimum absolute atomic E-state index is 0.0322. The number of thioether (sulfide) groups is 1. The number of rotatable bonds is 4. The summed E-state index contributed by atoms with van der Waals surface area (Å²) >= 11 is 1.08. The summed E-state index contributed by atoms with van der Waals surface area (Å²) < 4.78 is 0. The molecule has 4 heteroatoms. The Bertz CT molecular complexity index is 489. The lowest BCUT2D eigenvalue weighted by Crippen LogP contribution is -2.44. The van der Waals surface area contributed by atoms with Crippen LogP contribution in [0.3, 0.4) is 0 Å². The molecule has 0 bridgehead atoms. The maximum Gasteiger partial charge on any atom is 0.230 e. The fraction of sp³-hybridized carbons (Fsp3) is 0.529. The first-order chi connectivity index (χ1) is 10.1. The van der Waals surface area contributed by atoms with E-state index in [0.717, 1.165) is 18.2 Å². The van der Waals surface area contributed by atoms with Gasteiger partial charge in [0.15, 0.2) is 0 Å². The first-order valence-corrected chi connectivity index (χ1v) is 8.58. The Kier molecular flexibility index (Phi) is 5.85. The molecule has 0 saturated heterocycles. The Balaban J connectivity index is 1.78. The zero-order valence-electron chi connectivity index (χ0n) is 12.7. The van der Waals surface area contributed by atoms with Gasteiger partial charge in [0.1, 0.15) is 0 Å². The highest BCUT2D eigenvalue weighted by atomic mass is 32.2. The predicted octanol–water partition coefficient (Wildman–Crippen LogP) is 3.50. The highest BCUT2D eigenvalue weighted by Crippen LogP contribution is 2.29. The van der Waals surface area contributed by atoms with Gasteiger partial charge in [0.05, 0.1) is 5.75 Å². The molecule has 1 saturated carbocycles. The molecule has 114 valence electrons. The molecule has 0 radical (unpaired) electrons. The summed E-state index contributed by atoms with van der Waals surface area (Å²) in [6, 6.07) is 9.35. The number of carbonyl (C=O) groups is 2. The average Bonchev–Trinajstić information content (AvgIpc) is 2.50. The van der Waals surface area contributed by atoms with E-state index in [1.807, 2.05) is 18.2 Å². The molecular formula is C17H23NO2S. The van der Waals surface area contributed by atoms with E-state index in [1.54, 1.807) is 12.1 Å². The van der Waals surface area contributed by atoms with Gasteiger partial charge in [-0.2, -0.15) is 0 Å². The lowest BCUT2D eigenvalue weighted by atomic mass is 9.78. The number of amides is 1. The molecule has 3 atom stereocenters. The highest BCUT2D eigenvalue weighted by molar-refractivity contribution is 8.14. The summed E-state index contributed by atoms with van der Waals surface area (Å²) in [7, 11) is 0. The molecule has 0 spiro atoms. The number of nitrogens with one attached hydrogen (secondary N) is 1. The van der Waals surface area contributed by atoms with Gasteiger partial charge in [-0.25, -0.2) is 0 Å². The van der Waals surface area contributed by atoms with E-state index in [2.05, 4.69) is 19.2 Å². The van der Waals surface area contributed by atoms with E-state index in [-0.39, 0.29) is 22.8 Å². The minimum atomic E-state index is -0.0455. The zero-order chi connectivity index (χ0) is 15.2. The lowest BCUT2D eigenvalue weighted by Gasteiger charge is -2.34. The Hall–Kier alpha value is -1.29. The molecule has 1 aromatic rings. The summed E-state index contributed by atoms with van der Waals surface area (Å²) in [6.45, 7) is 4.45. The van der Waals surface area contributed by atoms with Crippen molar-refractivity contribution in [1.82, 2.24) is 5.32 Å². The van der Waals surface area contributed by atoms with Crippen molar-refractivity contribution in [3.8, 4) is 0 Å². The molecule has 1 N–H and O–H groups in total. The molecule has 3 nitrogen and oxygen atoms in total. The van der Waals surface area contributed by atoms with Crippen LogP contribution in [0.2, 0.25) is 0 Å². The van der Waals surface area contributed by atoms with Crippen molar-refractivity contribution in [2.45, 2.75) is 39.2 Å². The van der Waals surface area contributed by atoms with Gasteiger partial charge in [0, 0.05) is 11.6 Å². The standard InChI is InChI=1S/C17H23NO2S/c1-12-7-6-10-15(13(12)2)18-16(19)11-21-17(20)14-8-4-3-5-9-14/h3-5,8-9,12-13,15H,6-7,10-11H2,1-2H3,(H,18,19)/t12-,13-,15+/m0/s1. The lowest BCUT2D eigenvalue weighted by molar-refractivity contribution is -0.120. The molecule has 21 heavy (non-hydrogen) atoms. The van der Waals surface area contributed by atoms with Crippen LogP contribution in [0.15, 0.2) is 30.3 Å². The van der Waals surface area contributed by atoms with Gasteiger partial charge in [-0.15, -0.1) is 0 Å². The third-order valence-electron chi connectivity index (χ3n) is 4.40. The van der Waals surface area contributed by atoms with Crippen LogP contribution in [0, 0.1) is 11.8 Å². The molecule has 0 heterocycles. The van der Waals surface area contributed by atoms with Crippen molar-refractivity contribution >= 4 is 22.8 Å². The van der Waals surface area contributed by atoms with E-state index in [4.69, 9.17) is 0 Å².